The lowest BCUT2D eigenvalue weighted by atomic mass is 10.2. The first-order chi connectivity index (χ1) is 13.7. The minimum atomic E-state index is -4.81. The highest BCUT2D eigenvalue weighted by Crippen LogP contribution is 2.33. The second-order valence-corrected chi connectivity index (χ2v) is 9.18. The second kappa shape index (κ2) is 6.65. The van der Waals surface area contributed by atoms with E-state index in [0.29, 0.717) is 0 Å². The molecule has 0 fully saturated rings. The molecule has 0 atom stereocenters. The quantitative estimate of drug-likeness (QED) is 0.496. The predicted octanol–water partition coefficient (Wildman–Crippen LogP) is 2.29. The van der Waals surface area contributed by atoms with Crippen LogP contribution >= 0.6 is 0 Å². The molecule has 0 saturated carbocycles. The number of benzene rings is 2. The Morgan fingerprint density at radius 3 is 1.48 bits per heavy atom. The Labute approximate surface area is 165 Å². The lowest BCUT2D eigenvalue weighted by Crippen LogP contribution is -2.15. The van der Waals surface area contributed by atoms with Crippen LogP contribution in [0.5, 0.6) is 11.5 Å². The van der Waals surface area contributed by atoms with Crippen molar-refractivity contribution in [2.24, 2.45) is 0 Å². The van der Waals surface area contributed by atoms with Crippen LogP contribution in [0.1, 0.15) is 0 Å². The third-order valence-electron chi connectivity index (χ3n) is 4.13. The van der Waals surface area contributed by atoms with Crippen LogP contribution in [-0.4, -0.2) is 37.0 Å². The summed E-state index contributed by atoms with van der Waals surface area (Å²) in [6.07, 6.45) is 2.71. The number of hydrogen-bond donors (Lipinski definition) is 2. The summed E-state index contributed by atoms with van der Waals surface area (Å²) in [5, 5.41) is 19.7. The van der Waals surface area contributed by atoms with Gasteiger partial charge in [-0.2, -0.15) is 16.8 Å². The van der Waals surface area contributed by atoms with Gasteiger partial charge in [0.25, 0.3) is 0 Å². The maximum atomic E-state index is 12.8. The average Bonchev–Trinajstić information content (AvgIpc) is 2.67. The van der Waals surface area contributed by atoms with Crippen molar-refractivity contribution in [1.29, 1.82) is 0 Å². The van der Waals surface area contributed by atoms with Crippen molar-refractivity contribution in [2.45, 2.75) is 9.79 Å². The summed E-state index contributed by atoms with van der Waals surface area (Å²) in [5.41, 5.74) is -0.0392. The molecule has 0 saturated heterocycles. The van der Waals surface area contributed by atoms with Crippen LogP contribution in [0.2, 0.25) is 0 Å². The highest BCUT2D eigenvalue weighted by atomic mass is 32.3. The highest BCUT2D eigenvalue weighted by Gasteiger charge is 2.30. The topological polar surface area (TPSA) is 144 Å². The normalized spacial score (nSPS) is 12.4. The fourth-order valence-corrected chi connectivity index (χ4v) is 5.76. The van der Waals surface area contributed by atoms with Gasteiger partial charge in [0, 0.05) is 23.2 Å². The summed E-state index contributed by atoms with van der Waals surface area (Å²) < 4.78 is 55.7. The molecule has 2 N–H and O–H groups in total. The van der Waals surface area contributed by atoms with Crippen molar-refractivity contribution < 1.29 is 30.7 Å². The molecular formula is C18H12N2O7S2. The van der Waals surface area contributed by atoms with Gasteiger partial charge < -0.3 is 10.2 Å². The first-order valence-electron chi connectivity index (χ1n) is 8.05. The summed E-state index contributed by atoms with van der Waals surface area (Å²) in [5.74, 6) is -0.531. The van der Waals surface area contributed by atoms with Gasteiger partial charge >= 0.3 is 20.2 Å². The van der Waals surface area contributed by atoms with Crippen molar-refractivity contribution in [1.82, 2.24) is 9.97 Å². The van der Waals surface area contributed by atoms with E-state index in [9.17, 15) is 27.0 Å². The van der Waals surface area contributed by atoms with Crippen molar-refractivity contribution >= 4 is 42.0 Å². The summed E-state index contributed by atoms with van der Waals surface area (Å²) in [4.78, 5) is 6.87. The number of rotatable bonds is 4. The van der Waals surface area contributed by atoms with E-state index in [1.807, 2.05) is 0 Å². The number of hydrogen-bond acceptors (Lipinski definition) is 9. The van der Waals surface area contributed by atoms with Crippen LogP contribution in [0, 0.1) is 0 Å². The lowest BCUT2D eigenvalue weighted by molar-refractivity contribution is 0.462. The van der Waals surface area contributed by atoms with Gasteiger partial charge in [-0.25, -0.2) is 0 Å². The van der Waals surface area contributed by atoms with E-state index in [0.717, 1.165) is 24.3 Å². The largest absolute Gasteiger partial charge is 0.506 e. The monoisotopic (exact) mass is 432 g/mol. The Hall–Kier alpha value is -3.28. The molecule has 2 heterocycles. The lowest BCUT2D eigenvalue weighted by Gasteiger charge is -2.11. The molecule has 29 heavy (non-hydrogen) atoms. The molecule has 0 amide bonds. The van der Waals surface area contributed by atoms with E-state index in [4.69, 9.17) is 0 Å². The Bertz CT molecular complexity index is 1370. The molecule has 0 aliphatic carbocycles. The van der Waals surface area contributed by atoms with E-state index >= 15 is 0 Å². The van der Waals surface area contributed by atoms with Gasteiger partial charge in [-0.05, 0) is 48.5 Å². The smallest absolute Gasteiger partial charge is 0.312 e. The summed E-state index contributed by atoms with van der Waals surface area (Å²) in [7, 11) is -9.62. The van der Waals surface area contributed by atoms with Crippen molar-refractivity contribution in [3.05, 3.63) is 60.9 Å². The van der Waals surface area contributed by atoms with E-state index in [1.165, 1.54) is 36.7 Å². The van der Waals surface area contributed by atoms with Crippen LogP contribution in [0.15, 0.2) is 70.7 Å². The van der Waals surface area contributed by atoms with Gasteiger partial charge in [-0.15, -0.1) is 3.63 Å². The Kier molecular flexibility index (Phi) is 4.37. The van der Waals surface area contributed by atoms with Gasteiger partial charge in [0.15, 0.2) is 0 Å². The van der Waals surface area contributed by atoms with Gasteiger partial charge in [-0.3, -0.25) is 9.97 Å². The van der Waals surface area contributed by atoms with Crippen LogP contribution in [0.3, 0.4) is 0 Å². The average molecular weight is 432 g/mol. The molecule has 2 aromatic heterocycles. The number of aromatic hydroxyl groups is 2. The maximum absolute atomic E-state index is 12.8. The van der Waals surface area contributed by atoms with Crippen LogP contribution in [0.4, 0.5) is 0 Å². The summed E-state index contributed by atoms with van der Waals surface area (Å²) >= 11 is 0. The molecule has 148 valence electrons. The Balaban J connectivity index is 1.86. The Morgan fingerprint density at radius 1 is 0.655 bits per heavy atom. The van der Waals surface area contributed by atoms with Crippen LogP contribution < -0.4 is 0 Å². The third-order valence-corrected chi connectivity index (χ3v) is 7.36. The van der Waals surface area contributed by atoms with E-state index in [1.54, 1.807) is 0 Å². The highest BCUT2D eigenvalue weighted by molar-refractivity contribution is 8.00. The summed E-state index contributed by atoms with van der Waals surface area (Å²) in [6, 6.07) is 9.83. The zero-order valence-corrected chi connectivity index (χ0v) is 16.1. The Morgan fingerprint density at radius 2 is 1.07 bits per heavy atom. The summed E-state index contributed by atoms with van der Waals surface area (Å²) in [6.45, 7) is 0. The van der Waals surface area contributed by atoms with Gasteiger partial charge in [0.05, 0.1) is 0 Å². The molecule has 11 heteroatoms. The molecule has 0 unspecified atom stereocenters. The molecule has 4 aromatic rings. The number of pyridine rings is 2. The molecule has 0 aliphatic rings. The standard InChI is InChI=1S/C18H12N2O7S2/c21-13-5-7-15(11-3-1-9-19-17(11)13)28(23,24)27-29(25,26)16-8-6-14(22)18-12(16)4-2-10-20-18/h1-10,21-22H. The fraction of sp³-hybridized carbons (Fsp3) is 0. The van der Waals surface area contributed by atoms with Crippen molar-refractivity contribution in [2.75, 3.05) is 0 Å². The first-order valence-corrected chi connectivity index (χ1v) is 10.9. The minimum Gasteiger partial charge on any atom is -0.506 e. The number of fused-ring (bicyclic) bond motifs is 2. The SMILES string of the molecule is O=S(=O)(OS(=O)(=O)c1ccc(O)c2ncccc12)c1ccc(O)c2ncccc12. The first kappa shape index (κ1) is 19.1. The zero-order chi connectivity index (χ0) is 20.8. The van der Waals surface area contributed by atoms with Crippen LogP contribution in [-0.2, 0) is 23.9 Å². The molecule has 0 spiro atoms. The van der Waals surface area contributed by atoms with E-state index in [2.05, 4.69) is 13.6 Å². The number of aromatic nitrogens is 2. The zero-order valence-electron chi connectivity index (χ0n) is 14.4. The molecule has 0 aliphatic heterocycles. The molecule has 0 bridgehead atoms. The number of nitrogens with zero attached hydrogens (tertiary/aromatic N) is 2. The van der Waals surface area contributed by atoms with Gasteiger partial charge in [0.1, 0.15) is 32.3 Å². The van der Waals surface area contributed by atoms with Gasteiger partial charge in [0.2, 0.25) is 0 Å². The molecule has 4 rings (SSSR count). The fourth-order valence-electron chi connectivity index (χ4n) is 2.89. The van der Waals surface area contributed by atoms with E-state index < -0.39 is 30.0 Å². The molecule has 9 nitrogen and oxygen atoms in total. The molecule has 0 radical (unpaired) electrons. The number of phenols is 2. The third kappa shape index (κ3) is 3.24. The van der Waals surface area contributed by atoms with Crippen molar-refractivity contribution in [3.8, 4) is 11.5 Å². The predicted molar refractivity (Wildman–Crippen MR) is 102 cm³/mol. The second-order valence-electron chi connectivity index (χ2n) is 5.94. The van der Waals surface area contributed by atoms with E-state index in [-0.39, 0.29) is 33.3 Å². The van der Waals surface area contributed by atoms with Crippen molar-refractivity contribution in [3.63, 3.8) is 0 Å². The van der Waals surface area contributed by atoms with Crippen LogP contribution in [0.25, 0.3) is 21.8 Å². The molecular weight excluding hydrogens is 420 g/mol. The minimum absolute atomic E-state index is 0.0000640. The molecule has 2 aromatic carbocycles. The van der Waals surface area contributed by atoms with Gasteiger partial charge in [-0.1, -0.05) is 0 Å². The number of phenolic OH excluding ortho intramolecular Hbond substituents is 2. The maximum Gasteiger partial charge on any atom is 0.312 e.